The van der Waals surface area contributed by atoms with Crippen molar-refractivity contribution in [3.05, 3.63) is 0 Å². The molecule has 1 radical (unpaired) electrons. The Labute approximate surface area is 134 Å². The van der Waals surface area contributed by atoms with Crippen LogP contribution < -0.4 is 0 Å². The van der Waals surface area contributed by atoms with Crippen LogP contribution in [-0.4, -0.2) is 83.5 Å². The first-order valence-corrected chi connectivity index (χ1v) is 5.30. The molecule has 0 saturated carbocycles. The molecule has 0 aromatic rings. The SMILES string of the molecule is OCC(CO)(CO)COCC(CO)(CO)CO.[La]. The summed E-state index contributed by atoms with van der Waals surface area (Å²) in [5, 5.41) is 54.2. The summed E-state index contributed by atoms with van der Waals surface area (Å²) in [6.07, 6.45) is 0. The van der Waals surface area contributed by atoms with Gasteiger partial charge in [-0.25, -0.2) is 0 Å². The third kappa shape index (κ3) is 5.91. The van der Waals surface area contributed by atoms with Crippen LogP contribution in [-0.2, 0) is 4.74 Å². The van der Waals surface area contributed by atoms with Gasteiger partial charge in [0.05, 0.1) is 63.7 Å². The summed E-state index contributed by atoms with van der Waals surface area (Å²) in [5.41, 5.74) is -2.32. The van der Waals surface area contributed by atoms with E-state index in [1.165, 1.54) is 0 Å². The Hall–Kier alpha value is 0.915. The van der Waals surface area contributed by atoms with Crippen LogP contribution in [0.15, 0.2) is 0 Å². The van der Waals surface area contributed by atoms with Crippen molar-refractivity contribution < 1.29 is 71.0 Å². The summed E-state index contributed by atoms with van der Waals surface area (Å²) < 4.78 is 5.15. The Balaban J connectivity index is 0. The molecule has 0 aliphatic carbocycles. The molecule has 0 amide bonds. The molecule has 0 atom stereocenters. The Morgan fingerprint density at radius 3 is 0.944 bits per heavy atom. The number of aliphatic hydroxyl groups is 6. The first kappa shape index (κ1) is 21.2. The number of hydrogen-bond acceptors (Lipinski definition) is 7. The van der Waals surface area contributed by atoms with Gasteiger partial charge in [0.15, 0.2) is 0 Å². The third-order valence-electron chi connectivity index (χ3n) is 2.83. The van der Waals surface area contributed by atoms with E-state index in [0.29, 0.717) is 0 Å². The molecular formula is C10H22LaO7. The van der Waals surface area contributed by atoms with Crippen molar-refractivity contribution in [3.63, 3.8) is 0 Å². The van der Waals surface area contributed by atoms with Crippen molar-refractivity contribution in [1.82, 2.24) is 0 Å². The van der Waals surface area contributed by atoms with Crippen molar-refractivity contribution in [2.75, 3.05) is 52.9 Å². The van der Waals surface area contributed by atoms with Gasteiger partial charge in [-0.15, -0.1) is 0 Å². The van der Waals surface area contributed by atoms with Crippen LogP contribution in [0, 0.1) is 46.4 Å². The number of hydrogen-bond donors (Lipinski definition) is 6. The maximum Gasteiger partial charge on any atom is 0.0629 e. The topological polar surface area (TPSA) is 131 Å². The van der Waals surface area contributed by atoms with Crippen molar-refractivity contribution in [3.8, 4) is 0 Å². The van der Waals surface area contributed by atoms with Gasteiger partial charge in [0.25, 0.3) is 0 Å². The Morgan fingerprint density at radius 1 is 0.556 bits per heavy atom. The summed E-state index contributed by atoms with van der Waals surface area (Å²) in [6.45, 7) is -3.01. The zero-order valence-corrected chi connectivity index (χ0v) is 14.0. The molecule has 0 spiro atoms. The van der Waals surface area contributed by atoms with Crippen LogP contribution in [0.2, 0.25) is 0 Å². The normalized spacial score (nSPS) is 12.3. The summed E-state index contributed by atoms with van der Waals surface area (Å²) >= 11 is 0. The van der Waals surface area contributed by atoms with Crippen LogP contribution in [0.25, 0.3) is 0 Å². The minimum atomic E-state index is -1.16. The first-order valence-electron chi connectivity index (χ1n) is 5.30. The molecule has 8 heteroatoms. The Morgan fingerprint density at radius 2 is 0.778 bits per heavy atom. The third-order valence-corrected chi connectivity index (χ3v) is 2.83. The molecule has 0 unspecified atom stereocenters. The monoisotopic (exact) mass is 393 g/mol. The molecule has 107 valence electrons. The maximum atomic E-state index is 9.03. The minimum absolute atomic E-state index is 0. The molecule has 0 saturated heterocycles. The van der Waals surface area contributed by atoms with Crippen molar-refractivity contribution in [2.24, 2.45) is 10.8 Å². The average Bonchev–Trinajstić information content (AvgIpc) is 2.41. The summed E-state index contributed by atoms with van der Waals surface area (Å²) in [5.74, 6) is 0. The quantitative estimate of drug-likeness (QED) is 0.232. The van der Waals surface area contributed by atoms with Gasteiger partial charge in [0.2, 0.25) is 0 Å². The largest absolute Gasteiger partial charge is 0.396 e. The second kappa shape index (κ2) is 10.7. The second-order valence-electron chi connectivity index (χ2n) is 4.44. The van der Waals surface area contributed by atoms with E-state index in [-0.39, 0.29) is 48.8 Å². The van der Waals surface area contributed by atoms with Crippen LogP contribution in [0.1, 0.15) is 0 Å². The van der Waals surface area contributed by atoms with Crippen molar-refractivity contribution >= 4 is 0 Å². The van der Waals surface area contributed by atoms with Gasteiger partial charge < -0.3 is 35.4 Å². The predicted octanol–water partition coefficient (Wildman–Crippen LogP) is -3.07. The van der Waals surface area contributed by atoms with Crippen molar-refractivity contribution in [2.45, 2.75) is 0 Å². The zero-order valence-electron chi connectivity index (χ0n) is 10.3. The van der Waals surface area contributed by atoms with E-state index in [0.717, 1.165) is 0 Å². The smallest absolute Gasteiger partial charge is 0.0629 e. The predicted molar refractivity (Wildman–Crippen MR) is 58.2 cm³/mol. The van der Waals surface area contributed by atoms with Gasteiger partial charge in [-0.2, -0.15) is 0 Å². The molecule has 0 heterocycles. The number of aliphatic hydroxyl groups excluding tert-OH is 6. The van der Waals surface area contributed by atoms with Crippen LogP contribution in [0.4, 0.5) is 0 Å². The average molecular weight is 393 g/mol. The van der Waals surface area contributed by atoms with Gasteiger partial charge >= 0.3 is 0 Å². The second-order valence-corrected chi connectivity index (χ2v) is 4.44. The summed E-state index contributed by atoms with van der Waals surface area (Å²) in [6, 6.07) is 0. The zero-order chi connectivity index (χ0) is 13.4. The molecule has 7 nitrogen and oxygen atoms in total. The summed E-state index contributed by atoms with van der Waals surface area (Å²) in [7, 11) is 0. The molecule has 18 heavy (non-hydrogen) atoms. The molecular weight excluding hydrogens is 371 g/mol. The fourth-order valence-electron chi connectivity index (χ4n) is 1.06. The fraction of sp³-hybridized carbons (Fsp3) is 1.00. The molecule has 0 aliphatic heterocycles. The van der Waals surface area contributed by atoms with E-state index in [4.69, 9.17) is 35.4 Å². The van der Waals surface area contributed by atoms with E-state index in [2.05, 4.69) is 0 Å². The van der Waals surface area contributed by atoms with E-state index in [1.807, 2.05) is 0 Å². The minimum Gasteiger partial charge on any atom is -0.396 e. The number of ether oxygens (including phenoxy) is 1. The van der Waals surface area contributed by atoms with Crippen LogP contribution in [0.5, 0.6) is 0 Å². The molecule has 0 aromatic heterocycles. The summed E-state index contributed by atoms with van der Waals surface area (Å²) in [4.78, 5) is 0. The van der Waals surface area contributed by atoms with E-state index >= 15 is 0 Å². The Kier molecular flexibility index (Phi) is 12.6. The standard InChI is InChI=1S/C10H22O7.La/c11-1-9(2-12,3-13)7-17-8-10(4-14,5-15)6-16;/h11-16H,1-8H2;. The molecule has 0 fully saturated rings. The van der Waals surface area contributed by atoms with Gasteiger partial charge in [0.1, 0.15) is 0 Å². The molecule has 0 rings (SSSR count). The van der Waals surface area contributed by atoms with Crippen LogP contribution >= 0.6 is 0 Å². The maximum absolute atomic E-state index is 9.03. The van der Waals surface area contributed by atoms with Gasteiger partial charge in [0, 0.05) is 35.6 Å². The van der Waals surface area contributed by atoms with Gasteiger partial charge in [-0.05, 0) is 0 Å². The molecule has 0 aromatic carbocycles. The van der Waals surface area contributed by atoms with Gasteiger partial charge in [-0.1, -0.05) is 0 Å². The molecule has 0 aliphatic rings. The number of rotatable bonds is 10. The van der Waals surface area contributed by atoms with E-state index in [9.17, 15) is 0 Å². The first-order chi connectivity index (χ1) is 8.07. The van der Waals surface area contributed by atoms with E-state index < -0.39 is 50.5 Å². The van der Waals surface area contributed by atoms with Crippen LogP contribution in [0.3, 0.4) is 0 Å². The Bertz CT molecular complexity index is 158. The fourth-order valence-corrected chi connectivity index (χ4v) is 1.06. The molecule has 0 bridgehead atoms. The van der Waals surface area contributed by atoms with Gasteiger partial charge in [-0.3, -0.25) is 0 Å². The molecule has 6 N–H and O–H groups in total. The van der Waals surface area contributed by atoms with E-state index in [1.54, 1.807) is 0 Å². The van der Waals surface area contributed by atoms with Crippen molar-refractivity contribution in [1.29, 1.82) is 0 Å².